The molecular formula is C19H22ClN3O3S. The molecule has 1 aliphatic heterocycles. The maximum absolute atomic E-state index is 12.7. The molecule has 1 aliphatic rings. The minimum Gasteiger partial charge on any atom is -0.462 e. The lowest BCUT2D eigenvalue weighted by Gasteiger charge is -2.34. The molecule has 2 aromatic heterocycles. The first-order valence-electron chi connectivity index (χ1n) is 8.88. The second kappa shape index (κ2) is 8.82. The molecule has 0 aliphatic carbocycles. The summed E-state index contributed by atoms with van der Waals surface area (Å²) in [6.45, 7) is 7.54. The quantitative estimate of drug-likeness (QED) is 0.712. The molecular weight excluding hydrogens is 386 g/mol. The first-order valence-corrected chi connectivity index (χ1v) is 10.1. The fraction of sp³-hybridized carbons (Fsp3) is 0.421. The lowest BCUT2D eigenvalue weighted by atomic mass is 10.1. The molecule has 144 valence electrons. The van der Waals surface area contributed by atoms with E-state index in [0.29, 0.717) is 36.6 Å². The van der Waals surface area contributed by atoms with Crippen molar-refractivity contribution in [3.63, 3.8) is 0 Å². The number of thiophene rings is 1. The molecule has 2 aromatic rings. The molecule has 1 saturated heterocycles. The number of aryl methyl sites for hydroxylation is 1. The highest BCUT2D eigenvalue weighted by Crippen LogP contribution is 2.23. The minimum absolute atomic E-state index is 0.104. The summed E-state index contributed by atoms with van der Waals surface area (Å²) in [7, 11) is 0. The van der Waals surface area contributed by atoms with E-state index >= 15 is 0 Å². The van der Waals surface area contributed by atoms with Crippen LogP contribution in [0.15, 0.2) is 24.3 Å². The Morgan fingerprint density at radius 1 is 1.19 bits per heavy atom. The van der Waals surface area contributed by atoms with Gasteiger partial charge in [0, 0.05) is 37.6 Å². The highest BCUT2D eigenvalue weighted by atomic mass is 35.5. The molecule has 8 heteroatoms. The van der Waals surface area contributed by atoms with Crippen molar-refractivity contribution in [1.29, 1.82) is 0 Å². The molecule has 3 rings (SSSR count). The van der Waals surface area contributed by atoms with E-state index in [-0.39, 0.29) is 5.91 Å². The molecule has 3 heterocycles. The van der Waals surface area contributed by atoms with Crippen LogP contribution in [0.2, 0.25) is 4.34 Å². The third kappa shape index (κ3) is 4.86. The Kier molecular flexibility index (Phi) is 6.46. The number of halogens is 1. The number of hydrogen-bond donors (Lipinski definition) is 0. The molecule has 1 fully saturated rings. The van der Waals surface area contributed by atoms with E-state index in [9.17, 15) is 9.59 Å². The van der Waals surface area contributed by atoms with Crippen LogP contribution >= 0.6 is 22.9 Å². The number of pyridine rings is 1. The monoisotopic (exact) mass is 407 g/mol. The Balaban J connectivity index is 1.59. The van der Waals surface area contributed by atoms with Crippen molar-refractivity contribution >= 4 is 34.8 Å². The average Bonchev–Trinajstić information content (AvgIpc) is 3.06. The van der Waals surface area contributed by atoms with Gasteiger partial charge < -0.3 is 9.64 Å². The molecule has 0 bridgehead atoms. The van der Waals surface area contributed by atoms with E-state index in [1.54, 1.807) is 37.3 Å². The zero-order valence-electron chi connectivity index (χ0n) is 15.4. The molecule has 0 N–H and O–H groups in total. The molecule has 0 radical (unpaired) electrons. The zero-order chi connectivity index (χ0) is 19.4. The van der Waals surface area contributed by atoms with E-state index in [1.165, 1.54) is 4.88 Å². The molecule has 6 nitrogen and oxygen atoms in total. The number of rotatable bonds is 5. The third-order valence-electron chi connectivity index (χ3n) is 4.47. The smallest absolute Gasteiger partial charge is 0.339 e. The van der Waals surface area contributed by atoms with Gasteiger partial charge >= 0.3 is 5.97 Å². The van der Waals surface area contributed by atoms with Crippen LogP contribution in [-0.4, -0.2) is 59.4 Å². The van der Waals surface area contributed by atoms with Crippen LogP contribution in [0.3, 0.4) is 0 Å². The molecule has 0 unspecified atom stereocenters. The van der Waals surface area contributed by atoms with Crippen LogP contribution in [0.1, 0.15) is 38.3 Å². The first-order chi connectivity index (χ1) is 13.0. The van der Waals surface area contributed by atoms with Crippen LogP contribution in [0, 0.1) is 6.92 Å². The molecule has 0 saturated carbocycles. The Hall–Kier alpha value is -1.96. The van der Waals surface area contributed by atoms with E-state index in [2.05, 4.69) is 9.88 Å². The number of esters is 1. The van der Waals surface area contributed by atoms with Gasteiger partial charge in [0.15, 0.2) is 0 Å². The summed E-state index contributed by atoms with van der Waals surface area (Å²) in [6.07, 6.45) is 0. The number of nitrogens with zero attached hydrogens (tertiary/aromatic N) is 3. The van der Waals surface area contributed by atoms with Gasteiger partial charge in [-0.05, 0) is 38.1 Å². The van der Waals surface area contributed by atoms with Crippen LogP contribution < -0.4 is 0 Å². The Morgan fingerprint density at radius 3 is 2.52 bits per heavy atom. The molecule has 27 heavy (non-hydrogen) atoms. The largest absolute Gasteiger partial charge is 0.462 e. The summed E-state index contributed by atoms with van der Waals surface area (Å²) in [5, 5.41) is 0. The van der Waals surface area contributed by atoms with Gasteiger partial charge in [0.05, 0.1) is 22.2 Å². The number of carbonyl (C=O) groups is 2. The summed E-state index contributed by atoms with van der Waals surface area (Å²) in [4.78, 5) is 34.3. The second-order valence-corrected chi connectivity index (χ2v) is 8.12. The predicted molar refractivity (Wildman–Crippen MR) is 105 cm³/mol. The van der Waals surface area contributed by atoms with Crippen molar-refractivity contribution in [2.45, 2.75) is 20.4 Å². The topological polar surface area (TPSA) is 62.7 Å². The van der Waals surface area contributed by atoms with Crippen LogP contribution in [0.5, 0.6) is 0 Å². The highest BCUT2D eigenvalue weighted by molar-refractivity contribution is 7.16. The number of aromatic nitrogens is 1. The normalized spacial score (nSPS) is 15.0. The zero-order valence-corrected chi connectivity index (χ0v) is 17.0. The predicted octanol–water partition coefficient (Wildman–Crippen LogP) is 3.24. The summed E-state index contributed by atoms with van der Waals surface area (Å²) in [6, 6.07) is 7.17. The van der Waals surface area contributed by atoms with E-state index in [1.807, 2.05) is 17.0 Å². The van der Waals surface area contributed by atoms with Crippen LogP contribution in [0.4, 0.5) is 0 Å². The molecule has 0 atom stereocenters. The maximum Gasteiger partial charge on any atom is 0.339 e. The number of ether oxygens (including phenoxy) is 1. The van der Waals surface area contributed by atoms with Crippen molar-refractivity contribution in [3.05, 3.63) is 50.4 Å². The van der Waals surface area contributed by atoms with Crippen LogP contribution in [0.25, 0.3) is 0 Å². The van der Waals surface area contributed by atoms with Gasteiger partial charge in [0.1, 0.15) is 5.69 Å². The van der Waals surface area contributed by atoms with Gasteiger partial charge in [-0.2, -0.15) is 0 Å². The number of amides is 1. The van der Waals surface area contributed by atoms with Gasteiger partial charge in [-0.25, -0.2) is 9.78 Å². The standard InChI is InChI=1S/C19H22ClN3O3S/c1-3-26-19(25)15-5-6-16(21-13(15)2)18(24)23-10-8-22(9-11-23)12-14-4-7-17(20)27-14/h4-7H,3,8-12H2,1-2H3. The third-order valence-corrected chi connectivity index (χ3v) is 5.68. The van der Waals surface area contributed by atoms with Crippen molar-refractivity contribution in [2.75, 3.05) is 32.8 Å². The SMILES string of the molecule is CCOC(=O)c1ccc(C(=O)N2CCN(Cc3ccc(Cl)s3)CC2)nc1C. The highest BCUT2D eigenvalue weighted by Gasteiger charge is 2.24. The summed E-state index contributed by atoms with van der Waals surface area (Å²) in [5.74, 6) is -0.517. The number of piperazine rings is 1. The Labute approximate surface area is 167 Å². The molecule has 0 spiro atoms. The van der Waals surface area contributed by atoms with E-state index in [0.717, 1.165) is 24.0 Å². The van der Waals surface area contributed by atoms with E-state index in [4.69, 9.17) is 16.3 Å². The lowest BCUT2D eigenvalue weighted by Crippen LogP contribution is -2.48. The first kappa shape index (κ1) is 19.8. The van der Waals surface area contributed by atoms with Crippen LogP contribution in [-0.2, 0) is 11.3 Å². The lowest BCUT2D eigenvalue weighted by molar-refractivity contribution is 0.0522. The van der Waals surface area contributed by atoms with Crippen molar-refractivity contribution < 1.29 is 14.3 Å². The average molecular weight is 408 g/mol. The van der Waals surface area contributed by atoms with Gasteiger partial charge in [-0.1, -0.05) is 11.6 Å². The van der Waals surface area contributed by atoms with E-state index < -0.39 is 5.97 Å². The fourth-order valence-electron chi connectivity index (χ4n) is 3.03. The maximum atomic E-state index is 12.7. The van der Waals surface area contributed by atoms with Gasteiger partial charge in [-0.15, -0.1) is 11.3 Å². The molecule has 0 aromatic carbocycles. The second-order valence-electron chi connectivity index (χ2n) is 6.32. The Morgan fingerprint density at radius 2 is 1.93 bits per heavy atom. The van der Waals surface area contributed by atoms with Crippen molar-refractivity contribution in [2.24, 2.45) is 0 Å². The number of carbonyl (C=O) groups excluding carboxylic acids is 2. The minimum atomic E-state index is -0.413. The number of hydrogen-bond acceptors (Lipinski definition) is 6. The Bertz CT molecular complexity index is 831. The molecule has 1 amide bonds. The van der Waals surface area contributed by atoms with Crippen molar-refractivity contribution in [3.8, 4) is 0 Å². The van der Waals surface area contributed by atoms with Crippen molar-refractivity contribution in [1.82, 2.24) is 14.8 Å². The van der Waals surface area contributed by atoms with Gasteiger partial charge in [-0.3, -0.25) is 9.69 Å². The summed E-state index contributed by atoms with van der Waals surface area (Å²) in [5.41, 5.74) is 1.26. The van der Waals surface area contributed by atoms with Gasteiger partial charge in [0.2, 0.25) is 0 Å². The summed E-state index contributed by atoms with van der Waals surface area (Å²) < 4.78 is 5.80. The summed E-state index contributed by atoms with van der Waals surface area (Å²) >= 11 is 7.57. The fourth-order valence-corrected chi connectivity index (χ4v) is 4.16. The van der Waals surface area contributed by atoms with Gasteiger partial charge in [0.25, 0.3) is 5.91 Å².